The second-order valence-corrected chi connectivity index (χ2v) is 7.98. The van der Waals surface area contributed by atoms with E-state index in [2.05, 4.69) is 0 Å². The molecule has 0 aromatic heterocycles. The van der Waals surface area contributed by atoms with Crippen LogP contribution in [0.1, 0.15) is 12.8 Å². The van der Waals surface area contributed by atoms with Crippen molar-refractivity contribution >= 4 is 28.0 Å². The van der Waals surface area contributed by atoms with Crippen molar-refractivity contribution in [2.24, 2.45) is 0 Å². The summed E-state index contributed by atoms with van der Waals surface area (Å²) in [4.78, 5) is 0. The quantitative estimate of drug-likeness (QED) is 0.473. The Morgan fingerprint density at radius 2 is 2.29 bits per heavy atom. The van der Waals surface area contributed by atoms with E-state index >= 15 is 0 Å². The molecule has 0 N–H and O–H groups in total. The van der Waals surface area contributed by atoms with E-state index in [1.165, 1.54) is 24.8 Å². The van der Waals surface area contributed by atoms with Crippen molar-refractivity contribution in [1.29, 1.82) is 0 Å². The van der Waals surface area contributed by atoms with Gasteiger partial charge in [0.2, 0.25) is 0 Å². The molecule has 2 unspecified atom stereocenters. The van der Waals surface area contributed by atoms with Gasteiger partial charge in [0.05, 0.1) is 0 Å². The van der Waals surface area contributed by atoms with E-state index < -0.39 is 0 Å². The second kappa shape index (κ2) is 3.11. The van der Waals surface area contributed by atoms with Gasteiger partial charge in [0.25, 0.3) is 0 Å². The Morgan fingerprint density at radius 1 is 1.43 bits per heavy atom. The molecule has 0 aromatic rings. The first-order valence-electron chi connectivity index (χ1n) is 2.51. The van der Waals surface area contributed by atoms with Crippen LogP contribution in [0.2, 0.25) is 0 Å². The summed E-state index contributed by atoms with van der Waals surface area (Å²) in [5, 5.41) is 0. The van der Waals surface area contributed by atoms with Crippen molar-refractivity contribution < 1.29 is 0 Å². The van der Waals surface area contributed by atoms with Gasteiger partial charge in [-0.05, 0) is 30.2 Å². The van der Waals surface area contributed by atoms with E-state index in [0.717, 1.165) is 7.78 Å². The minimum atomic E-state index is 0.421. The third kappa shape index (κ3) is 2.16. The van der Waals surface area contributed by atoms with Gasteiger partial charge in [-0.2, -0.15) is 0 Å². The first kappa shape index (κ1) is 6.12. The molecule has 1 aliphatic heterocycles. The van der Waals surface area contributed by atoms with Gasteiger partial charge in [0, 0.05) is 5.75 Å². The van der Waals surface area contributed by atoms with E-state index in [1.807, 2.05) is 0 Å². The molecule has 1 fully saturated rings. The van der Waals surface area contributed by atoms with E-state index in [9.17, 15) is 0 Å². The Balaban J connectivity index is 2.25. The lowest BCUT2D eigenvalue weighted by Gasteiger charge is -2.09. The Bertz CT molecular complexity index is 73.8. The molecular weight excluding hydrogens is 143 g/mol. The minimum Gasteiger partial charge on any atom is -0.101 e. The van der Waals surface area contributed by atoms with E-state index in [-0.39, 0.29) is 0 Å². The second-order valence-electron chi connectivity index (χ2n) is 1.65. The van der Waals surface area contributed by atoms with Gasteiger partial charge in [-0.3, -0.25) is 0 Å². The zero-order chi connectivity index (χ0) is 5.11. The van der Waals surface area contributed by atoms with Gasteiger partial charge in [0.1, 0.15) is 0 Å². The molecule has 0 aromatic carbocycles. The monoisotopic (exact) mass is 152 g/mol. The molecule has 7 heavy (non-hydrogen) atoms. The highest BCUT2D eigenvalue weighted by Gasteiger charge is 2.00. The third-order valence-electron chi connectivity index (χ3n) is 1.02. The smallest absolute Gasteiger partial charge is 0.00157 e. The predicted molar refractivity (Wildman–Crippen MR) is 42.0 cm³/mol. The van der Waals surface area contributed by atoms with Crippen molar-refractivity contribution in [3.8, 4) is 0 Å². The highest BCUT2D eigenvalue weighted by molar-refractivity contribution is 8.61. The zero-order valence-corrected chi connectivity index (χ0v) is 6.78. The fourth-order valence-corrected chi connectivity index (χ4v) is 4.93. The zero-order valence-electron chi connectivity index (χ0n) is 4.14. The highest BCUT2D eigenvalue weighted by atomic mass is 33.1. The molecule has 42 valence electrons. The maximum Gasteiger partial charge on any atom is 0.00157 e. The molecule has 1 heterocycles. The van der Waals surface area contributed by atoms with Crippen LogP contribution in [0.15, 0.2) is 0 Å². The number of rotatable bonds is 0. The summed E-state index contributed by atoms with van der Waals surface area (Å²) >= 11 is 5.13. The molecular formula is C4H9PS2. The molecule has 0 aliphatic carbocycles. The van der Waals surface area contributed by atoms with Crippen LogP contribution in [-0.2, 0) is 20.3 Å². The molecule has 0 spiro atoms. The van der Waals surface area contributed by atoms with Crippen LogP contribution in [0.5, 0.6) is 0 Å². The van der Waals surface area contributed by atoms with Crippen LogP contribution >= 0.6 is 7.78 Å². The lowest BCUT2D eigenvalue weighted by Crippen LogP contribution is -1.97. The fourth-order valence-electron chi connectivity index (χ4n) is 0.616. The van der Waals surface area contributed by atoms with Gasteiger partial charge in [0.15, 0.2) is 0 Å². The topological polar surface area (TPSA) is 0 Å². The molecule has 3 heteroatoms. The molecule has 0 amide bonds. The predicted octanol–water partition coefficient (Wildman–Crippen LogP) is 1.45. The maximum absolute atomic E-state index is 5.13. The van der Waals surface area contributed by atoms with E-state index in [4.69, 9.17) is 11.2 Å². The number of hydrogen-bond donors (Lipinski definition) is 0. The molecule has 1 saturated heterocycles. The van der Waals surface area contributed by atoms with Crippen LogP contribution in [0, 0.1) is 0 Å². The van der Waals surface area contributed by atoms with E-state index in [0.29, 0.717) is 9.07 Å². The first-order chi connectivity index (χ1) is 3.39. The maximum atomic E-state index is 5.13. The molecule has 0 bridgehead atoms. The highest BCUT2D eigenvalue weighted by Crippen LogP contribution is 2.24. The van der Waals surface area contributed by atoms with Crippen LogP contribution in [0.25, 0.3) is 0 Å². The van der Waals surface area contributed by atoms with Crippen LogP contribution in [-0.4, -0.2) is 11.9 Å². The summed E-state index contributed by atoms with van der Waals surface area (Å²) in [6.07, 6.45) is 4.27. The Labute approximate surface area is 53.2 Å². The average molecular weight is 152 g/mol. The molecule has 0 radical (unpaired) electrons. The molecule has 0 saturated carbocycles. The van der Waals surface area contributed by atoms with Crippen LogP contribution in [0.3, 0.4) is 0 Å². The summed E-state index contributed by atoms with van der Waals surface area (Å²) < 4.78 is 0. The molecule has 1 rings (SSSR count). The Kier molecular flexibility index (Phi) is 2.72. The van der Waals surface area contributed by atoms with Crippen molar-refractivity contribution in [3.05, 3.63) is 0 Å². The largest absolute Gasteiger partial charge is 0.101 e. The summed E-state index contributed by atoms with van der Waals surface area (Å²) in [6, 6.07) is 0. The first-order valence-corrected chi connectivity index (χ1v) is 6.76. The minimum absolute atomic E-state index is 0.421. The Morgan fingerprint density at radius 3 is 2.57 bits per heavy atom. The Hall–Kier alpha value is 1.00. The van der Waals surface area contributed by atoms with Crippen molar-refractivity contribution in [1.82, 2.24) is 0 Å². The summed E-state index contributed by atoms with van der Waals surface area (Å²) in [7, 11) is 1.54. The van der Waals surface area contributed by atoms with Gasteiger partial charge in [-0.1, -0.05) is 7.78 Å². The molecule has 0 nitrogen and oxygen atoms in total. The summed E-state index contributed by atoms with van der Waals surface area (Å²) in [6.45, 7) is 0. The SMILES string of the molecule is S=S1CCCCP1. The van der Waals surface area contributed by atoms with Gasteiger partial charge in [-0.25, -0.2) is 0 Å². The lowest BCUT2D eigenvalue weighted by atomic mass is 10.4. The molecule has 2 atom stereocenters. The normalized spacial score (nSPS) is 36.3. The number of hydrogen-bond acceptors (Lipinski definition) is 1. The van der Waals surface area contributed by atoms with E-state index in [1.54, 1.807) is 0 Å². The standard InChI is InChI=1S/C4H9PS2/c6-7-4-2-1-3-5-7/h5H,1-4H2. The summed E-state index contributed by atoms with van der Waals surface area (Å²) in [5.74, 6) is 1.34. The summed E-state index contributed by atoms with van der Waals surface area (Å²) in [5.41, 5.74) is 0. The van der Waals surface area contributed by atoms with Crippen molar-refractivity contribution in [2.75, 3.05) is 11.9 Å². The van der Waals surface area contributed by atoms with Gasteiger partial charge in [-0.15, -0.1) is 9.07 Å². The van der Waals surface area contributed by atoms with Crippen molar-refractivity contribution in [3.63, 3.8) is 0 Å². The van der Waals surface area contributed by atoms with Crippen LogP contribution in [0.4, 0.5) is 0 Å². The molecule has 1 aliphatic rings. The van der Waals surface area contributed by atoms with Crippen molar-refractivity contribution in [2.45, 2.75) is 12.8 Å². The average Bonchev–Trinajstić information content (AvgIpc) is 1.69. The van der Waals surface area contributed by atoms with Gasteiger partial charge < -0.3 is 0 Å². The van der Waals surface area contributed by atoms with Crippen LogP contribution < -0.4 is 0 Å². The third-order valence-corrected chi connectivity index (χ3v) is 6.31. The lowest BCUT2D eigenvalue weighted by molar-refractivity contribution is 0.901. The fraction of sp³-hybridized carbons (Fsp3) is 1.00. The van der Waals surface area contributed by atoms with Gasteiger partial charge >= 0.3 is 0 Å².